The average molecular weight is 815 g/mol. The van der Waals surface area contributed by atoms with Gasteiger partial charge >= 0.3 is 12.1 Å². The van der Waals surface area contributed by atoms with Crippen LogP contribution >= 0.6 is 23.2 Å². The molecule has 0 saturated carbocycles. The Hall–Kier alpha value is -5.56. The van der Waals surface area contributed by atoms with Crippen molar-refractivity contribution >= 4 is 35.3 Å². The molecule has 3 aliphatic heterocycles. The number of amides is 1. The van der Waals surface area contributed by atoms with Gasteiger partial charge in [-0.15, -0.1) is 0 Å². The SMILES string of the molecule is COc1ccc([C@H](Cc2c(Cl)c[n+](O)cc2Cl)c2nc(COc3cccc([C@@H](NC(=O)O[C@H]4CN5CCC4CC5)c4ccccc4)c3)ccc2C(=O)O)cc1OC. The number of aromatic nitrogens is 2. The van der Waals surface area contributed by atoms with Crippen LogP contribution in [0.3, 0.4) is 0 Å². The lowest BCUT2D eigenvalue weighted by molar-refractivity contribution is -0.904. The Morgan fingerprint density at radius 2 is 1.61 bits per heavy atom. The molecule has 57 heavy (non-hydrogen) atoms. The molecule has 5 heterocycles. The highest BCUT2D eigenvalue weighted by atomic mass is 35.5. The van der Waals surface area contributed by atoms with E-state index in [0.717, 1.165) is 48.3 Å². The summed E-state index contributed by atoms with van der Waals surface area (Å²) >= 11 is 13.1. The number of alkyl carbamates (subject to hydrolysis) is 1. The fourth-order valence-electron chi connectivity index (χ4n) is 7.70. The van der Waals surface area contributed by atoms with Crippen molar-refractivity contribution in [3.63, 3.8) is 0 Å². The highest BCUT2D eigenvalue weighted by Crippen LogP contribution is 2.38. The molecule has 8 rings (SSSR count). The number of methoxy groups -OCH3 is 2. The number of halogens is 2. The fraction of sp³-hybridized carbons (Fsp3) is 0.302. The minimum absolute atomic E-state index is 0.00257. The molecule has 3 fully saturated rings. The molecule has 2 bridgehead atoms. The van der Waals surface area contributed by atoms with Gasteiger partial charge in [-0.1, -0.05) is 71.7 Å². The van der Waals surface area contributed by atoms with Crippen LogP contribution in [0, 0.1) is 5.92 Å². The number of ether oxygens (including phenoxy) is 4. The number of fused-ring (bicyclic) bond motifs is 3. The number of carboxylic acid groups (broad SMARTS) is 1. The number of nitrogens with one attached hydrogen (secondary N) is 1. The Morgan fingerprint density at radius 3 is 2.28 bits per heavy atom. The smallest absolute Gasteiger partial charge is 0.408 e. The summed E-state index contributed by atoms with van der Waals surface area (Å²) in [6, 6.07) is 25.0. The molecule has 12 nitrogen and oxygen atoms in total. The molecule has 14 heteroatoms. The van der Waals surface area contributed by atoms with Crippen molar-refractivity contribution < 1.29 is 43.6 Å². The summed E-state index contributed by atoms with van der Waals surface area (Å²) in [6.45, 7) is 2.85. The van der Waals surface area contributed by atoms with Crippen LogP contribution in [-0.2, 0) is 17.8 Å². The highest BCUT2D eigenvalue weighted by molar-refractivity contribution is 6.35. The van der Waals surface area contributed by atoms with Gasteiger partial charge in [0.1, 0.15) is 28.5 Å². The molecule has 3 atom stereocenters. The first-order valence-electron chi connectivity index (χ1n) is 18.6. The third kappa shape index (κ3) is 9.20. The van der Waals surface area contributed by atoms with E-state index in [1.54, 1.807) is 24.3 Å². The van der Waals surface area contributed by atoms with Crippen LogP contribution in [0.5, 0.6) is 17.2 Å². The molecular weight excluding hydrogens is 771 g/mol. The molecule has 0 radical (unpaired) electrons. The fourth-order valence-corrected chi connectivity index (χ4v) is 8.31. The van der Waals surface area contributed by atoms with Gasteiger partial charge in [0.05, 0.1) is 37.2 Å². The third-order valence-corrected chi connectivity index (χ3v) is 11.3. The second-order valence-electron chi connectivity index (χ2n) is 14.2. The van der Waals surface area contributed by atoms with E-state index >= 15 is 0 Å². The van der Waals surface area contributed by atoms with Crippen LogP contribution in [0.15, 0.2) is 97.3 Å². The topological polar surface area (TPSA) is 144 Å². The van der Waals surface area contributed by atoms with Crippen molar-refractivity contribution in [2.24, 2.45) is 5.92 Å². The standard InChI is InChI=1S/C43H42Cl2N4O8/c1-54-37-14-11-28(20-38(37)55-2)33(21-34-35(44)22-49(53)23-36(34)45)41-32(42(50)51)13-12-30(46-41)25-56-31-10-6-9-29(19-31)40(27-7-4-3-5-8-27)47-43(52)57-39-24-48-17-15-26(39)16-18-48/h3-14,19-20,22-23,26,33,39-40H,15-18,21,24-25H2,1-2H3,(H2-,47,50,51,52,53)/p+1/t33-,39-,40-/m0/s1. The van der Waals surface area contributed by atoms with E-state index in [4.69, 9.17) is 47.1 Å². The Morgan fingerprint density at radius 1 is 0.895 bits per heavy atom. The van der Waals surface area contributed by atoms with E-state index in [-0.39, 0.29) is 40.4 Å². The van der Waals surface area contributed by atoms with Gasteiger partial charge in [-0.25, -0.2) is 9.59 Å². The number of pyridine rings is 2. The zero-order valence-electron chi connectivity index (χ0n) is 31.4. The molecule has 296 valence electrons. The van der Waals surface area contributed by atoms with Crippen molar-refractivity contribution in [1.82, 2.24) is 15.2 Å². The van der Waals surface area contributed by atoms with Crippen LogP contribution in [0.25, 0.3) is 0 Å². The van der Waals surface area contributed by atoms with Gasteiger partial charge in [0.2, 0.25) is 12.4 Å². The Bertz CT molecular complexity index is 2210. The van der Waals surface area contributed by atoms with Crippen molar-refractivity contribution in [2.75, 3.05) is 33.9 Å². The third-order valence-electron chi connectivity index (χ3n) is 10.7. The zero-order valence-corrected chi connectivity index (χ0v) is 33.0. The van der Waals surface area contributed by atoms with Gasteiger partial charge < -0.3 is 29.4 Å². The summed E-state index contributed by atoms with van der Waals surface area (Å²) < 4.78 is 24.1. The minimum Gasteiger partial charge on any atom is -0.493 e. The molecule has 3 aliphatic rings. The predicted octanol–water partition coefficient (Wildman–Crippen LogP) is 7.49. The van der Waals surface area contributed by atoms with Crippen LogP contribution in [0.2, 0.25) is 10.0 Å². The van der Waals surface area contributed by atoms with Crippen molar-refractivity contribution in [1.29, 1.82) is 0 Å². The first-order chi connectivity index (χ1) is 27.6. The van der Waals surface area contributed by atoms with E-state index < -0.39 is 24.0 Å². The molecule has 0 unspecified atom stereocenters. The molecule has 2 aromatic heterocycles. The lowest BCUT2D eigenvalue weighted by atomic mass is 9.86. The first kappa shape index (κ1) is 39.7. The normalized spacial score (nSPS) is 18.3. The van der Waals surface area contributed by atoms with Crippen LogP contribution in [0.1, 0.15) is 68.8 Å². The van der Waals surface area contributed by atoms with Crippen molar-refractivity contribution in [3.8, 4) is 17.2 Å². The summed E-state index contributed by atoms with van der Waals surface area (Å²) in [5.41, 5.74) is 3.48. The Labute approximate surface area is 340 Å². The summed E-state index contributed by atoms with van der Waals surface area (Å²) in [5, 5.41) is 23.9. The maximum Gasteiger partial charge on any atom is 0.408 e. The van der Waals surface area contributed by atoms with Gasteiger partial charge in [-0.05, 0) is 91.4 Å². The number of hydrogen-bond acceptors (Lipinski definition) is 9. The number of carbonyl (C=O) groups is 2. The first-order valence-corrected chi connectivity index (χ1v) is 19.4. The van der Waals surface area contributed by atoms with E-state index in [1.165, 1.54) is 32.7 Å². The number of piperidine rings is 3. The van der Waals surface area contributed by atoms with Gasteiger partial charge in [-0.2, -0.15) is 0 Å². The Kier molecular flexibility index (Phi) is 12.3. The molecule has 0 spiro atoms. The van der Waals surface area contributed by atoms with Crippen LogP contribution in [0.4, 0.5) is 4.79 Å². The number of benzene rings is 3. The highest BCUT2D eigenvalue weighted by Gasteiger charge is 2.37. The monoisotopic (exact) mass is 813 g/mol. The summed E-state index contributed by atoms with van der Waals surface area (Å²) in [6.07, 6.45) is 4.20. The van der Waals surface area contributed by atoms with Crippen molar-refractivity contribution in [2.45, 2.75) is 43.9 Å². The van der Waals surface area contributed by atoms with Crippen LogP contribution in [-0.4, -0.2) is 72.2 Å². The molecule has 0 aliphatic carbocycles. The Balaban J connectivity index is 1.17. The summed E-state index contributed by atoms with van der Waals surface area (Å²) in [7, 11) is 3.04. The lowest BCUT2D eigenvalue weighted by Crippen LogP contribution is -2.52. The second kappa shape index (κ2) is 17.7. The van der Waals surface area contributed by atoms with E-state index in [9.17, 15) is 19.9 Å². The minimum atomic E-state index is -1.17. The molecular formula is C43H43Cl2N4O8+. The molecule has 5 aromatic rings. The lowest BCUT2D eigenvalue weighted by Gasteiger charge is -2.43. The number of aromatic carboxylic acids is 1. The van der Waals surface area contributed by atoms with E-state index in [2.05, 4.69) is 10.2 Å². The van der Waals surface area contributed by atoms with E-state index in [0.29, 0.717) is 40.0 Å². The number of carbonyl (C=O) groups excluding carboxylic acids is 1. The summed E-state index contributed by atoms with van der Waals surface area (Å²) in [4.78, 5) is 33.3. The van der Waals surface area contributed by atoms with Gasteiger partial charge in [0.25, 0.3) is 0 Å². The average Bonchev–Trinajstić information content (AvgIpc) is 3.22. The molecule has 3 saturated heterocycles. The zero-order chi connectivity index (χ0) is 40.1. The maximum atomic E-state index is 13.4. The van der Waals surface area contributed by atoms with E-state index in [1.807, 2.05) is 54.6 Å². The molecule has 3 N–H and O–H groups in total. The van der Waals surface area contributed by atoms with Gasteiger partial charge in [-0.3, -0.25) is 15.1 Å². The van der Waals surface area contributed by atoms with Gasteiger partial charge in [0.15, 0.2) is 11.5 Å². The van der Waals surface area contributed by atoms with Crippen molar-refractivity contribution in [3.05, 3.63) is 147 Å². The molecule has 3 aromatic carbocycles. The largest absolute Gasteiger partial charge is 0.493 e. The number of hydrogen-bond donors (Lipinski definition) is 3. The predicted molar refractivity (Wildman–Crippen MR) is 212 cm³/mol. The quantitative estimate of drug-likeness (QED) is 0.0763. The number of nitrogens with zero attached hydrogens (tertiary/aromatic N) is 3. The van der Waals surface area contributed by atoms with Crippen LogP contribution < -0.4 is 24.3 Å². The maximum absolute atomic E-state index is 13.4. The van der Waals surface area contributed by atoms with Gasteiger partial charge in [0, 0.05) is 22.8 Å². The number of carboxylic acids is 1. The summed E-state index contributed by atoms with van der Waals surface area (Å²) in [5.74, 6) is -0.0457. The number of rotatable bonds is 14. The second-order valence-corrected chi connectivity index (χ2v) is 15.0. The molecule has 1 amide bonds.